The average Bonchev–Trinajstić information content (AvgIpc) is 2.53. The maximum atomic E-state index is 12.4. The summed E-state index contributed by atoms with van der Waals surface area (Å²) in [4.78, 5) is 22.8. The molecule has 0 unspecified atom stereocenters. The number of carbonyl (C=O) groups excluding carboxylic acids is 2. The van der Waals surface area contributed by atoms with Crippen LogP contribution in [0.25, 0.3) is 0 Å². The zero-order valence-electron chi connectivity index (χ0n) is 13.8. The minimum Gasteiger partial charge on any atom is -0.492 e. The zero-order chi connectivity index (χ0) is 18.3. The molecule has 0 aliphatic heterocycles. The molecule has 0 aromatic heterocycles. The highest BCUT2D eigenvalue weighted by Crippen LogP contribution is 2.29. The molecule has 134 valence electrons. The predicted octanol–water partition coefficient (Wildman–Crippen LogP) is -0.651. The van der Waals surface area contributed by atoms with E-state index in [4.69, 9.17) is 10.5 Å². The van der Waals surface area contributed by atoms with E-state index in [9.17, 15) is 18.0 Å². The van der Waals surface area contributed by atoms with Crippen LogP contribution < -0.4 is 21.1 Å². The molecule has 0 atom stereocenters. The van der Waals surface area contributed by atoms with Crippen LogP contribution in [-0.2, 0) is 19.6 Å². The van der Waals surface area contributed by atoms with Gasteiger partial charge in [-0.15, -0.1) is 0 Å². The summed E-state index contributed by atoms with van der Waals surface area (Å²) in [7, 11) is -0.944. The van der Waals surface area contributed by atoms with Crippen molar-refractivity contribution in [2.24, 2.45) is 5.73 Å². The number of sulfonamides is 1. The molecule has 0 radical (unpaired) electrons. The molecule has 0 fully saturated rings. The summed E-state index contributed by atoms with van der Waals surface area (Å²) in [6, 6.07) is 4.29. The first-order chi connectivity index (χ1) is 11.2. The molecule has 0 bridgehead atoms. The molecule has 1 rings (SSSR count). The molecule has 0 aliphatic rings. The summed E-state index contributed by atoms with van der Waals surface area (Å²) in [6.45, 7) is 1.55. The van der Waals surface area contributed by atoms with E-state index >= 15 is 0 Å². The largest absolute Gasteiger partial charge is 0.492 e. The Morgan fingerprint density at radius 3 is 2.46 bits per heavy atom. The fraction of sp³-hybridized carbons (Fsp3) is 0.429. The first-order valence-electron chi connectivity index (χ1n) is 7.18. The van der Waals surface area contributed by atoms with Crippen molar-refractivity contribution in [2.75, 3.05) is 39.1 Å². The molecule has 4 N–H and O–H groups in total. The molecule has 9 nitrogen and oxygen atoms in total. The Bertz CT molecular complexity index is 703. The van der Waals surface area contributed by atoms with E-state index in [1.165, 1.54) is 32.3 Å². The van der Waals surface area contributed by atoms with Gasteiger partial charge in [-0.25, -0.2) is 12.7 Å². The standard InChI is InChI=1S/C14H22N4O5S/c1-4-23-11-6-5-10(7-12(11)24(21,22)18(2)3)17-14(20)9-16-13(19)8-15/h5-7H,4,8-9,15H2,1-3H3,(H,16,19)(H,17,20). The van der Waals surface area contributed by atoms with Gasteiger partial charge in [-0.2, -0.15) is 0 Å². The molecule has 24 heavy (non-hydrogen) atoms. The Morgan fingerprint density at radius 1 is 1.25 bits per heavy atom. The van der Waals surface area contributed by atoms with Gasteiger partial charge in [-0.05, 0) is 25.1 Å². The highest BCUT2D eigenvalue weighted by Gasteiger charge is 2.23. The first-order valence-corrected chi connectivity index (χ1v) is 8.62. The molecule has 0 aliphatic carbocycles. The van der Waals surface area contributed by atoms with Gasteiger partial charge in [-0.1, -0.05) is 0 Å². The predicted molar refractivity (Wildman–Crippen MR) is 89.2 cm³/mol. The third kappa shape index (κ3) is 5.18. The Balaban J connectivity index is 3.02. The van der Waals surface area contributed by atoms with Crippen molar-refractivity contribution in [3.8, 4) is 5.75 Å². The van der Waals surface area contributed by atoms with Crippen LogP contribution in [0, 0.1) is 0 Å². The number of ether oxygens (including phenoxy) is 1. The SMILES string of the molecule is CCOc1ccc(NC(=O)CNC(=O)CN)cc1S(=O)(=O)N(C)C. The molecule has 2 amide bonds. The maximum absolute atomic E-state index is 12.4. The lowest BCUT2D eigenvalue weighted by atomic mass is 10.3. The maximum Gasteiger partial charge on any atom is 0.246 e. The van der Waals surface area contributed by atoms with Gasteiger partial charge in [-0.3, -0.25) is 9.59 Å². The van der Waals surface area contributed by atoms with Gasteiger partial charge in [0.25, 0.3) is 0 Å². The van der Waals surface area contributed by atoms with Gasteiger partial charge >= 0.3 is 0 Å². The van der Waals surface area contributed by atoms with E-state index in [2.05, 4.69) is 10.6 Å². The van der Waals surface area contributed by atoms with Crippen LogP contribution in [0.5, 0.6) is 5.75 Å². The Labute approximate surface area is 141 Å². The molecular weight excluding hydrogens is 336 g/mol. The summed E-state index contributed by atoms with van der Waals surface area (Å²) < 4.78 is 31.2. The minimum absolute atomic E-state index is 0.0573. The number of hydrogen-bond donors (Lipinski definition) is 3. The van der Waals surface area contributed by atoms with Crippen LogP contribution in [0.4, 0.5) is 5.69 Å². The minimum atomic E-state index is -3.75. The highest BCUT2D eigenvalue weighted by molar-refractivity contribution is 7.89. The van der Waals surface area contributed by atoms with Crippen LogP contribution in [0.2, 0.25) is 0 Å². The van der Waals surface area contributed by atoms with Gasteiger partial charge in [0.2, 0.25) is 21.8 Å². The number of nitrogens with two attached hydrogens (primary N) is 1. The van der Waals surface area contributed by atoms with E-state index < -0.39 is 21.8 Å². The van der Waals surface area contributed by atoms with Crippen molar-refractivity contribution >= 4 is 27.5 Å². The van der Waals surface area contributed by atoms with Crippen molar-refractivity contribution in [2.45, 2.75) is 11.8 Å². The monoisotopic (exact) mass is 358 g/mol. The summed E-state index contributed by atoms with van der Waals surface area (Å²) >= 11 is 0. The highest BCUT2D eigenvalue weighted by atomic mass is 32.2. The lowest BCUT2D eigenvalue weighted by Crippen LogP contribution is -2.36. The van der Waals surface area contributed by atoms with E-state index in [1.54, 1.807) is 6.92 Å². The number of nitrogens with one attached hydrogen (secondary N) is 2. The van der Waals surface area contributed by atoms with Gasteiger partial charge in [0.05, 0.1) is 19.7 Å². The third-order valence-electron chi connectivity index (χ3n) is 2.92. The molecular formula is C14H22N4O5S. The smallest absolute Gasteiger partial charge is 0.246 e. The number of carbonyl (C=O) groups is 2. The Morgan fingerprint density at radius 2 is 1.92 bits per heavy atom. The summed E-state index contributed by atoms with van der Waals surface area (Å²) in [5, 5.41) is 4.83. The lowest BCUT2D eigenvalue weighted by molar-refractivity contribution is -0.123. The Hall–Kier alpha value is -2.17. The molecule has 0 saturated heterocycles. The van der Waals surface area contributed by atoms with Crippen LogP contribution in [-0.4, -0.2) is 58.3 Å². The average molecular weight is 358 g/mol. The van der Waals surface area contributed by atoms with Crippen LogP contribution >= 0.6 is 0 Å². The second-order valence-electron chi connectivity index (χ2n) is 4.91. The van der Waals surface area contributed by atoms with Crippen molar-refractivity contribution in [3.63, 3.8) is 0 Å². The summed E-state index contributed by atoms with van der Waals surface area (Å²) in [5.41, 5.74) is 5.39. The number of amides is 2. The van der Waals surface area contributed by atoms with Crippen molar-refractivity contribution in [1.29, 1.82) is 0 Å². The molecule has 1 aromatic rings. The molecule has 0 heterocycles. The van der Waals surface area contributed by atoms with E-state index in [0.717, 1.165) is 4.31 Å². The third-order valence-corrected chi connectivity index (χ3v) is 4.75. The second kappa shape index (κ2) is 8.62. The normalized spacial score (nSPS) is 11.2. The van der Waals surface area contributed by atoms with E-state index in [-0.39, 0.29) is 29.4 Å². The van der Waals surface area contributed by atoms with Crippen molar-refractivity contribution in [3.05, 3.63) is 18.2 Å². The fourth-order valence-corrected chi connectivity index (χ4v) is 2.77. The molecule has 10 heteroatoms. The first kappa shape index (κ1) is 19.9. The van der Waals surface area contributed by atoms with E-state index in [1.807, 2.05) is 0 Å². The topological polar surface area (TPSA) is 131 Å². The molecule has 1 aromatic carbocycles. The molecule has 0 spiro atoms. The number of anilines is 1. The van der Waals surface area contributed by atoms with Gasteiger partial charge < -0.3 is 21.1 Å². The van der Waals surface area contributed by atoms with Gasteiger partial charge in [0.15, 0.2) is 0 Å². The van der Waals surface area contributed by atoms with Gasteiger partial charge in [0, 0.05) is 19.8 Å². The van der Waals surface area contributed by atoms with Crippen LogP contribution in [0.3, 0.4) is 0 Å². The zero-order valence-corrected chi connectivity index (χ0v) is 14.6. The number of hydrogen-bond acceptors (Lipinski definition) is 6. The van der Waals surface area contributed by atoms with Gasteiger partial charge in [0.1, 0.15) is 10.6 Å². The lowest BCUT2D eigenvalue weighted by Gasteiger charge is -2.16. The summed E-state index contributed by atoms with van der Waals surface area (Å²) in [5.74, 6) is -0.775. The quantitative estimate of drug-likeness (QED) is 0.566. The number of benzene rings is 1. The number of nitrogens with zero attached hydrogens (tertiary/aromatic N) is 1. The van der Waals surface area contributed by atoms with Crippen molar-refractivity contribution < 1.29 is 22.7 Å². The van der Waals surface area contributed by atoms with Crippen LogP contribution in [0.1, 0.15) is 6.92 Å². The van der Waals surface area contributed by atoms with E-state index in [0.29, 0.717) is 6.61 Å². The molecule has 0 saturated carbocycles. The summed E-state index contributed by atoms with van der Waals surface area (Å²) in [6.07, 6.45) is 0. The van der Waals surface area contributed by atoms with Crippen molar-refractivity contribution in [1.82, 2.24) is 9.62 Å². The van der Waals surface area contributed by atoms with Crippen LogP contribution in [0.15, 0.2) is 23.1 Å². The second-order valence-corrected chi connectivity index (χ2v) is 7.03. The fourth-order valence-electron chi connectivity index (χ4n) is 1.72. The Kier molecular flexibility index (Phi) is 7.14. The number of rotatable bonds is 8.